The van der Waals surface area contributed by atoms with Gasteiger partial charge >= 0.3 is 0 Å². The van der Waals surface area contributed by atoms with Crippen molar-refractivity contribution in [3.63, 3.8) is 0 Å². The van der Waals surface area contributed by atoms with Gasteiger partial charge in [0.15, 0.2) is 0 Å². The highest BCUT2D eigenvalue weighted by Gasteiger charge is 2.29. The number of aryl methyl sites for hydroxylation is 3. The molecule has 2 N–H and O–H groups in total. The first-order valence-corrected chi connectivity index (χ1v) is 7.44. The van der Waals surface area contributed by atoms with Gasteiger partial charge in [0.05, 0.1) is 17.2 Å². The molecule has 0 atom stereocenters. The minimum atomic E-state index is 0.632. The molecule has 2 aromatic heterocycles. The van der Waals surface area contributed by atoms with Gasteiger partial charge in [0, 0.05) is 31.4 Å². The van der Waals surface area contributed by atoms with Gasteiger partial charge in [-0.05, 0) is 43.0 Å². The number of fused-ring (bicyclic) bond motifs is 1. The number of benzene rings is 1. The van der Waals surface area contributed by atoms with E-state index in [0.717, 1.165) is 24.2 Å². The second kappa shape index (κ2) is 4.62. The van der Waals surface area contributed by atoms with Crippen LogP contribution in [0.3, 0.4) is 0 Å². The lowest BCUT2D eigenvalue weighted by Gasteiger charge is -2.08. The zero-order valence-electron chi connectivity index (χ0n) is 12.2. The molecular weight excluding hydrogens is 262 g/mol. The van der Waals surface area contributed by atoms with Gasteiger partial charge in [-0.25, -0.2) is 4.98 Å². The van der Waals surface area contributed by atoms with Crippen molar-refractivity contribution in [2.75, 3.05) is 5.73 Å². The largest absolute Gasteiger partial charge is 0.399 e. The summed E-state index contributed by atoms with van der Waals surface area (Å²) in [6.45, 7) is 0.942. The topological polar surface area (TPSA) is 61.7 Å². The molecule has 1 aliphatic carbocycles. The summed E-state index contributed by atoms with van der Waals surface area (Å²) in [4.78, 5) is 4.82. The molecule has 0 bridgehead atoms. The van der Waals surface area contributed by atoms with E-state index in [1.165, 1.54) is 29.7 Å². The van der Waals surface area contributed by atoms with Crippen molar-refractivity contribution in [1.29, 1.82) is 0 Å². The van der Waals surface area contributed by atoms with Crippen LogP contribution in [0.4, 0.5) is 5.69 Å². The lowest BCUT2D eigenvalue weighted by Crippen LogP contribution is -2.05. The van der Waals surface area contributed by atoms with Crippen molar-refractivity contribution in [3.8, 4) is 0 Å². The average Bonchev–Trinajstić information content (AvgIpc) is 3.13. The van der Waals surface area contributed by atoms with Crippen LogP contribution in [0.2, 0.25) is 0 Å². The van der Waals surface area contributed by atoms with Crippen LogP contribution in [0.25, 0.3) is 11.0 Å². The number of rotatable bonds is 4. The number of aromatic nitrogens is 4. The normalized spacial score (nSPS) is 14.9. The van der Waals surface area contributed by atoms with Gasteiger partial charge in [-0.3, -0.25) is 4.68 Å². The van der Waals surface area contributed by atoms with E-state index in [2.05, 4.69) is 21.9 Å². The molecule has 0 unspecified atom stereocenters. The molecule has 2 heterocycles. The Balaban J connectivity index is 1.70. The number of nitrogens with two attached hydrogens (primary N) is 1. The third-order valence-corrected chi connectivity index (χ3v) is 4.13. The molecule has 0 amide bonds. The van der Waals surface area contributed by atoms with Crippen LogP contribution in [0.15, 0.2) is 30.6 Å². The van der Waals surface area contributed by atoms with Gasteiger partial charge in [-0.15, -0.1) is 0 Å². The molecule has 3 aromatic rings. The van der Waals surface area contributed by atoms with Crippen LogP contribution in [0, 0.1) is 0 Å². The van der Waals surface area contributed by atoms with E-state index in [1.807, 2.05) is 30.1 Å². The maximum atomic E-state index is 5.88. The lowest BCUT2D eigenvalue weighted by atomic mass is 10.2. The predicted octanol–water partition coefficient (Wildman–Crippen LogP) is 2.47. The van der Waals surface area contributed by atoms with Gasteiger partial charge in [0.2, 0.25) is 0 Å². The highest BCUT2D eigenvalue weighted by Crippen LogP contribution is 2.40. The van der Waals surface area contributed by atoms with Gasteiger partial charge in [0.1, 0.15) is 5.82 Å². The fraction of sp³-hybridized carbons (Fsp3) is 0.375. The molecule has 21 heavy (non-hydrogen) atoms. The van der Waals surface area contributed by atoms with Crippen LogP contribution >= 0.6 is 0 Å². The summed E-state index contributed by atoms with van der Waals surface area (Å²) in [6.07, 6.45) is 7.50. The molecule has 1 fully saturated rings. The van der Waals surface area contributed by atoms with Crippen LogP contribution in [0.1, 0.15) is 30.1 Å². The summed E-state index contributed by atoms with van der Waals surface area (Å²) in [5.74, 6) is 1.85. The second-order valence-electron chi connectivity index (χ2n) is 5.92. The number of hydrogen-bond donors (Lipinski definition) is 1. The van der Waals surface area contributed by atoms with Crippen LogP contribution in [-0.4, -0.2) is 19.3 Å². The van der Waals surface area contributed by atoms with E-state index in [1.54, 1.807) is 0 Å². The summed E-state index contributed by atoms with van der Waals surface area (Å²) in [5.41, 5.74) is 10.1. The Hall–Kier alpha value is -2.30. The maximum absolute atomic E-state index is 5.88. The van der Waals surface area contributed by atoms with Gasteiger partial charge < -0.3 is 10.3 Å². The molecule has 4 rings (SSSR count). The Bertz CT molecular complexity index is 794. The molecule has 5 nitrogen and oxygen atoms in total. The molecule has 1 aliphatic rings. The highest BCUT2D eigenvalue weighted by atomic mass is 15.2. The monoisotopic (exact) mass is 281 g/mol. The molecule has 0 radical (unpaired) electrons. The van der Waals surface area contributed by atoms with Crippen molar-refractivity contribution in [3.05, 3.63) is 42.0 Å². The highest BCUT2D eigenvalue weighted by molar-refractivity contribution is 5.79. The van der Waals surface area contributed by atoms with Crippen molar-refractivity contribution in [2.45, 2.75) is 31.7 Å². The first-order valence-electron chi connectivity index (χ1n) is 7.44. The third kappa shape index (κ3) is 2.28. The number of imidazole rings is 1. The van der Waals surface area contributed by atoms with Gasteiger partial charge in [0.25, 0.3) is 0 Å². The average molecular weight is 281 g/mol. The van der Waals surface area contributed by atoms with E-state index >= 15 is 0 Å². The fourth-order valence-electron chi connectivity index (χ4n) is 2.90. The van der Waals surface area contributed by atoms with E-state index in [9.17, 15) is 0 Å². The van der Waals surface area contributed by atoms with Crippen molar-refractivity contribution in [2.24, 2.45) is 7.05 Å². The Kier molecular flexibility index (Phi) is 2.74. The smallest absolute Gasteiger partial charge is 0.113 e. The first kappa shape index (κ1) is 12.4. The second-order valence-corrected chi connectivity index (χ2v) is 5.92. The van der Waals surface area contributed by atoms with E-state index < -0.39 is 0 Å². The summed E-state index contributed by atoms with van der Waals surface area (Å²) >= 11 is 0. The number of anilines is 1. The summed E-state index contributed by atoms with van der Waals surface area (Å²) in [6, 6.07) is 6.02. The molecule has 1 aromatic carbocycles. The van der Waals surface area contributed by atoms with Crippen molar-refractivity contribution in [1.82, 2.24) is 19.3 Å². The summed E-state index contributed by atoms with van der Waals surface area (Å²) in [7, 11) is 1.95. The Morgan fingerprint density at radius 3 is 2.90 bits per heavy atom. The zero-order valence-corrected chi connectivity index (χ0v) is 12.2. The van der Waals surface area contributed by atoms with Crippen LogP contribution < -0.4 is 5.73 Å². The molecule has 108 valence electrons. The SMILES string of the molecule is Cn1cc(CCn2c(C3CC3)nc3cc(N)ccc32)cn1. The van der Waals surface area contributed by atoms with Crippen molar-refractivity contribution >= 4 is 16.7 Å². The quantitative estimate of drug-likeness (QED) is 0.747. The Morgan fingerprint density at radius 1 is 1.33 bits per heavy atom. The number of nitrogen functional groups attached to an aromatic ring is 1. The Morgan fingerprint density at radius 2 is 2.19 bits per heavy atom. The first-order chi connectivity index (χ1) is 10.2. The standard InChI is InChI=1S/C16H19N5/c1-20-10-11(9-18-20)6-7-21-15-5-4-13(17)8-14(15)19-16(21)12-2-3-12/h4-5,8-10,12H,2-3,6-7,17H2,1H3. The summed E-state index contributed by atoms with van der Waals surface area (Å²) in [5, 5.41) is 4.24. The third-order valence-electron chi connectivity index (χ3n) is 4.13. The van der Waals surface area contributed by atoms with E-state index in [4.69, 9.17) is 10.7 Å². The Labute approximate surface area is 123 Å². The lowest BCUT2D eigenvalue weighted by molar-refractivity contribution is 0.669. The van der Waals surface area contributed by atoms with E-state index in [0.29, 0.717) is 5.92 Å². The molecule has 0 saturated heterocycles. The van der Waals surface area contributed by atoms with Gasteiger partial charge in [-0.2, -0.15) is 5.10 Å². The van der Waals surface area contributed by atoms with E-state index in [-0.39, 0.29) is 0 Å². The predicted molar refractivity (Wildman–Crippen MR) is 83.0 cm³/mol. The molecule has 1 saturated carbocycles. The molecule has 5 heteroatoms. The minimum absolute atomic E-state index is 0.632. The zero-order chi connectivity index (χ0) is 14.4. The molecule has 0 aliphatic heterocycles. The maximum Gasteiger partial charge on any atom is 0.113 e. The molecular formula is C16H19N5. The van der Waals surface area contributed by atoms with Gasteiger partial charge in [-0.1, -0.05) is 0 Å². The molecule has 0 spiro atoms. The van der Waals surface area contributed by atoms with Crippen LogP contribution in [0.5, 0.6) is 0 Å². The minimum Gasteiger partial charge on any atom is -0.399 e. The van der Waals surface area contributed by atoms with Crippen LogP contribution in [-0.2, 0) is 20.0 Å². The number of hydrogen-bond acceptors (Lipinski definition) is 3. The van der Waals surface area contributed by atoms with Crippen molar-refractivity contribution < 1.29 is 0 Å². The number of nitrogens with zero attached hydrogens (tertiary/aromatic N) is 4. The fourth-order valence-corrected chi connectivity index (χ4v) is 2.90. The summed E-state index contributed by atoms with van der Waals surface area (Å²) < 4.78 is 4.21.